The molecule has 0 aliphatic heterocycles. The summed E-state index contributed by atoms with van der Waals surface area (Å²) in [7, 11) is 0. The van der Waals surface area contributed by atoms with Crippen molar-refractivity contribution in [3.63, 3.8) is 0 Å². The monoisotopic (exact) mass is 350 g/mol. The summed E-state index contributed by atoms with van der Waals surface area (Å²) in [6.07, 6.45) is -0.476. The molecule has 0 spiro atoms. The van der Waals surface area contributed by atoms with Crippen molar-refractivity contribution in [3.05, 3.63) is 33.8 Å². The average molecular weight is 351 g/mol. The van der Waals surface area contributed by atoms with E-state index in [1.165, 1.54) is 12.1 Å². The van der Waals surface area contributed by atoms with Crippen molar-refractivity contribution < 1.29 is 13.5 Å². The molecule has 0 heterocycles. The lowest BCUT2D eigenvalue weighted by Gasteiger charge is -2.36. The van der Waals surface area contributed by atoms with Crippen LogP contribution in [0.1, 0.15) is 39.3 Å². The van der Waals surface area contributed by atoms with E-state index in [1.54, 1.807) is 0 Å². The lowest BCUT2D eigenvalue weighted by Crippen LogP contribution is -2.45. The Morgan fingerprint density at radius 2 is 1.95 bits per heavy atom. The second-order valence-electron chi connectivity index (χ2n) is 5.64. The molecule has 0 fully saturated rings. The van der Waals surface area contributed by atoms with Gasteiger partial charge in [-0.1, -0.05) is 20.8 Å². The van der Waals surface area contributed by atoms with Gasteiger partial charge in [0, 0.05) is 12.2 Å². The minimum absolute atomic E-state index is 0.116. The van der Waals surface area contributed by atoms with Crippen molar-refractivity contribution >= 4 is 15.9 Å². The van der Waals surface area contributed by atoms with Crippen LogP contribution in [0.15, 0.2) is 16.6 Å². The molecule has 0 radical (unpaired) electrons. The highest BCUT2D eigenvalue weighted by Gasteiger charge is 2.36. The van der Waals surface area contributed by atoms with Crippen LogP contribution in [0, 0.1) is 17.0 Å². The van der Waals surface area contributed by atoms with Gasteiger partial charge in [0.2, 0.25) is 0 Å². The maximum Gasteiger partial charge on any atom is 0.145 e. The Balaban J connectivity index is 3.34. The topological polar surface area (TPSA) is 47.3 Å². The summed E-state index contributed by atoms with van der Waals surface area (Å²) in [6, 6.07) is 1.75. The van der Waals surface area contributed by atoms with Crippen LogP contribution in [0.4, 0.5) is 8.78 Å². The van der Waals surface area contributed by atoms with Gasteiger partial charge in [0.1, 0.15) is 11.6 Å². The van der Waals surface area contributed by atoms with Gasteiger partial charge in [-0.05, 0) is 40.4 Å². The Kier molecular flexibility index (Phi) is 6.06. The Bertz CT molecular complexity index is 463. The summed E-state index contributed by atoms with van der Waals surface area (Å²) in [5, 5.41) is 0. The maximum absolute atomic E-state index is 14.3. The zero-order valence-electron chi connectivity index (χ0n) is 12.1. The predicted molar refractivity (Wildman–Crippen MR) is 79.0 cm³/mol. The van der Waals surface area contributed by atoms with Gasteiger partial charge in [0.15, 0.2) is 0 Å². The first-order valence-corrected chi connectivity index (χ1v) is 7.24. The first kappa shape index (κ1) is 17.5. The van der Waals surface area contributed by atoms with Crippen molar-refractivity contribution in [2.45, 2.75) is 39.8 Å². The van der Waals surface area contributed by atoms with Crippen LogP contribution >= 0.6 is 15.9 Å². The number of nitrogens with one attached hydrogen (secondary N) is 1. The molecular formula is C14H21BrF2N2O. The smallest absolute Gasteiger partial charge is 0.145 e. The quantitative estimate of drug-likeness (QED) is 0.483. The number of rotatable bonds is 5. The van der Waals surface area contributed by atoms with Crippen LogP contribution in [-0.4, -0.2) is 12.7 Å². The van der Waals surface area contributed by atoms with E-state index in [-0.39, 0.29) is 15.5 Å². The zero-order valence-corrected chi connectivity index (χ0v) is 13.7. The minimum Gasteiger partial charge on any atom is -0.376 e. The highest BCUT2D eigenvalue weighted by Crippen LogP contribution is 2.36. The van der Waals surface area contributed by atoms with Crippen LogP contribution in [0.25, 0.3) is 0 Å². The Hall–Kier alpha value is -0.560. The standard InChI is InChI=1S/C14H21BrF2N2O/c1-5-20-13(14(2,3)4)12(19-18)10-9(16)7-6-8(15)11(10)17/h6-7,12-13,19H,5,18H2,1-4H3. The molecule has 0 saturated heterocycles. The van der Waals surface area contributed by atoms with Gasteiger partial charge in [0.05, 0.1) is 16.6 Å². The van der Waals surface area contributed by atoms with Crippen LogP contribution in [-0.2, 0) is 4.74 Å². The van der Waals surface area contributed by atoms with Crippen LogP contribution in [0.5, 0.6) is 0 Å². The summed E-state index contributed by atoms with van der Waals surface area (Å²) in [4.78, 5) is 0. The third-order valence-electron chi connectivity index (χ3n) is 3.07. The molecule has 0 saturated carbocycles. The molecule has 1 aromatic rings. The number of hydrogen-bond acceptors (Lipinski definition) is 3. The van der Waals surface area contributed by atoms with E-state index in [0.717, 1.165) is 0 Å². The van der Waals surface area contributed by atoms with Crippen molar-refractivity contribution in [1.29, 1.82) is 0 Å². The lowest BCUT2D eigenvalue weighted by molar-refractivity contribution is -0.0381. The van der Waals surface area contributed by atoms with Gasteiger partial charge in [-0.2, -0.15) is 0 Å². The molecular weight excluding hydrogens is 330 g/mol. The van der Waals surface area contributed by atoms with Gasteiger partial charge in [-0.15, -0.1) is 0 Å². The summed E-state index contributed by atoms with van der Waals surface area (Å²) in [5.74, 6) is 4.23. The molecule has 0 aromatic heterocycles. The molecule has 1 aromatic carbocycles. The molecule has 114 valence electrons. The Morgan fingerprint density at radius 1 is 1.35 bits per heavy atom. The Labute approximate surface area is 127 Å². The highest BCUT2D eigenvalue weighted by molar-refractivity contribution is 9.10. The second kappa shape index (κ2) is 6.93. The van der Waals surface area contributed by atoms with Gasteiger partial charge >= 0.3 is 0 Å². The molecule has 0 bridgehead atoms. The van der Waals surface area contributed by atoms with Crippen LogP contribution in [0.2, 0.25) is 0 Å². The number of hydrogen-bond donors (Lipinski definition) is 2. The second-order valence-corrected chi connectivity index (χ2v) is 6.50. The Morgan fingerprint density at radius 3 is 2.40 bits per heavy atom. The fourth-order valence-corrected chi connectivity index (χ4v) is 2.52. The number of hydrazine groups is 1. The number of nitrogens with two attached hydrogens (primary N) is 1. The van der Waals surface area contributed by atoms with E-state index in [4.69, 9.17) is 10.6 Å². The zero-order chi connectivity index (χ0) is 15.5. The first-order valence-electron chi connectivity index (χ1n) is 6.45. The average Bonchev–Trinajstić information content (AvgIpc) is 2.36. The normalized spacial score (nSPS) is 15.2. The van der Waals surface area contributed by atoms with Crippen molar-refractivity contribution in [3.8, 4) is 0 Å². The molecule has 0 aliphatic carbocycles. The van der Waals surface area contributed by atoms with Gasteiger partial charge in [-0.3, -0.25) is 11.3 Å². The van der Waals surface area contributed by atoms with Crippen LogP contribution < -0.4 is 11.3 Å². The summed E-state index contributed by atoms with van der Waals surface area (Å²) in [5.41, 5.74) is 2.04. The van der Waals surface area contributed by atoms with E-state index in [9.17, 15) is 8.78 Å². The molecule has 2 atom stereocenters. The molecule has 20 heavy (non-hydrogen) atoms. The highest BCUT2D eigenvalue weighted by atomic mass is 79.9. The van der Waals surface area contributed by atoms with E-state index in [1.807, 2.05) is 27.7 Å². The molecule has 6 heteroatoms. The predicted octanol–water partition coefficient (Wildman–Crippen LogP) is 3.68. The number of halogens is 3. The first-order chi connectivity index (χ1) is 9.23. The summed E-state index contributed by atoms with van der Waals surface area (Å²) < 4.78 is 34.2. The lowest BCUT2D eigenvalue weighted by atomic mass is 9.82. The summed E-state index contributed by atoms with van der Waals surface area (Å²) >= 11 is 3.07. The third kappa shape index (κ3) is 3.75. The molecule has 1 rings (SSSR count). The van der Waals surface area contributed by atoms with E-state index in [0.29, 0.717) is 6.61 Å². The van der Waals surface area contributed by atoms with Crippen molar-refractivity contribution in [1.82, 2.24) is 5.43 Å². The van der Waals surface area contributed by atoms with Gasteiger partial charge in [0.25, 0.3) is 0 Å². The van der Waals surface area contributed by atoms with E-state index >= 15 is 0 Å². The van der Waals surface area contributed by atoms with Gasteiger partial charge in [-0.25, -0.2) is 8.78 Å². The minimum atomic E-state index is -0.785. The van der Waals surface area contributed by atoms with Crippen molar-refractivity contribution in [2.24, 2.45) is 11.3 Å². The van der Waals surface area contributed by atoms with Crippen molar-refractivity contribution in [2.75, 3.05) is 6.61 Å². The molecule has 3 nitrogen and oxygen atoms in total. The number of benzene rings is 1. The van der Waals surface area contributed by atoms with E-state index < -0.39 is 23.8 Å². The molecule has 3 N–H and O–H groups in total. The SMILES string of the molecule is CCOC(C(NN)c1c(F)ccc(Br)c1F)C(C)(C)C. The fourth-order valence-electron chi connectivity index (χ4n) is 2.18. The summed E-state index contributed by atoms with van der Waals surface area (Å²) in [6.45, 7) is 8.07. The van der Waals surface area contributed by atoms with Crippen LogP contribution in [0.3, 0.4) is 0 Å². The van der Waals surface area contributed by atoms with Gasteiger partial charge < -0.3 is 4.74 Å². The van der Waals surface area contributed by atoms with E-state index in [2.05, 4.69) is 21.4 Å². The fraction of sp³-hybridized carbons (Fsp3) is 0.571. The molecule has 0 aliphatic rings. The molecule has 0 amide bonds. The largest absolute Gasteiger partial charge is 0.376 e. The maximum atomic E-state index is 14.3. The molecule has 2 unspecified atom stereocenters. The number of ether oxygens (including phenoxy) is 1. The third-order valence-corrected chi connectivity index (χ3v) is 3.68.